The minimum atomic E-state index is -0.909. The van der Waals surface area contributed by atoms with E-state index in [1.807, 2.05) is 0 Å². The second kappa shape index (κ2) is 5.87. The standard InChI is InChI=1S/C17H15F2NO3/c18-13-3-2-10(6-14(13)19)11-7-12(11)17(23)20-8-9-1-4-15(21)16(22)5-9/h1-6,11-12,21-22H,7-8H2,(H,20,23)/t11-,12-/m1/s1. The van der Waals surface area contributed by atoms with Gasteiger partial charge in [-0.1, -0.05) is 12.1 Å². The summed E-state index contributed by atoms with van der Waals surface area (Å²) in [6.45, 7) is 0.216. The van der Waals surface area contributed by atoms with Gasteiger partial charge in [0, 0.05) is 12.5 Å². The zero-order valence-corrected chi connectivity index (χ0v) is 12.1. The van der Waals surface area contributed by atoms with Gasteiger partial charge in [0.2, 0.25) is 5.91 Å². The first-order chi connectivity index (χ1) is 11.0. The summed E-state index contributed by atoms with van der Waals surface area (Å²) in [6, 6.07) is 8.00. The van der Waals surface area contributed by atoms with Crippen molar-refractivity contribution in [2.45, 2.75) is 18.9 Å². The molecular weight excluding hydrogens is 304 g/mol. The molecule has 2 atom stereocenters. The number of hydrogen-bond donors (Lipinski definition) is 3. The first-order valence-corrected chi connectivity index (χ1v) is 7.19. The van der Waals surface area contributed by atoms with Crippen LogP contribution in [0.2, 0.25) is 0 Å². The van der Waals surface area contributed by atoms with Gasteiger partial charge in [0.05, 0.1) is 0 Å². The molecule has 0 heterocycles. The molecule has 0 aromatic heterocycles. The van der Waals surface area contributed by atoms with Gasteiger partial charge < -0.3 is 15.5 Å². The summed E-state index contributed by atoms with van der Waals surface area (Å²) in [5, 5.41) is 21.4. The normalized spacial score (nSPS) is 19.4. The Labute approximate surface area is 131 Å². The summed E-state index contributed by atoms with van der Waals surface area (Å²) in [5.41, 5.74) is 1.27. The van der Waals surface area contributed by atoms with Gasteiger partial charge in [0.25, 0.3) is 0 Å². The number of halogens is 2. The number of rotatable bonds is 4. The van der Waals surface area contributed by atoms with Gasteiger partial charge in [-0.2, -0.15) is 0 Å². The molecule has 0 unspecified atom stereocenters. The minimum Gasteiger partial charge on any atom is -0.504 e. The van der Waals surface area contributed by atoms with Crippen molar-refractivity contribution in [1.29, 1.82) is 0 Å². The molecule has 1 aliphatic carbocycles. The third kappa shape index (κ3) is 3.26. The van der Waals surface area contributed by atoms with E-state index in [2.05, 4.69) is 5.32 Å². The molecule has 1 amide bonds. The van der Waals surface area contributed by atoms with Gasteiger partial charge in [-0.25, -0.2) is 8.78 Å². The first kappa shape index (κ1) is 15.3. The van der Waals surface area contributed by atoms with Gasteiger partial charge in [-0.15, -0.1) is 0 Å². The Morgan fingerprint density at radius 3 is 2.57 bits per heavy atom. The average molecular weight is 319 g/mol. The number of phenolic OH excluding ortho intramolecular Hbond substituents is 2. The predicted molar refractivity (Wildman–Crippen MR) is 78.8 cm³/mol. The molecule has 0 bridgehead atoms. The molecule has 0 radical (unpaired) electrons. The van der Waals surface area contributed by atoms with Crippen LogP contribution in [0.5, 0.6) is 11.5 Å². The van der Waals surface area contributed by atoms with Crippen molar-refractivity contribution in [3.05, 3.63) is 59.2 Å². The van der Waals surface area contributed by atoms with Crippen molar-refractivity contribution in [3.63, 3.8) is 0 Å². The Morgan fingerprint density at radius 1 is 1.09 bits per heavy atom. The second-order valence-electron chi connectivity index (χ2n) is 5.66. The lowest BCUT2D eigenvalue weighted by atomic mass is 10.1. The Bertz CT molecular complexity index is 763. The second-order valence-corrected chi connectivity index (χ2v) is 5.66. The SMILES string of the molecule is O=C(NCc1ccc(O)c(O)c1)[C@@H]1C[C@@H]1c1ccc(F)c(F)c1. The summed E-state index contributed by atoms with van der Waals surface area (Å²) in [7, 11) is 0. The predicted octanol–water partition coefficient (Wildman–Crippen LogP) is 2.80. The lowest BCUT2D eigenvalue weighted by molar-refractivity contribution is -0.122. The van der Waals surface area contributed by atoms with E-state index < -0.39 is 11.6 Å². The number of benzene rings is 2. The van der Waals surface area contributed by atoms with Crippen LogP contribution in [0, 0.1) is 17.6 Å². The molecule has 6 heteroatoms. The summed E-state index contributed by atoms with van der Waals surface area (Å²) in [6.07, 6.45) is 0.595. The fourth-order valence-corrected chi connectivity index (χ4v) is 2.60. The van der Waals surface area contributed by atoms with Crippen LogP contribution in [-0.2, 0) is 11.3 Å². The van der Waals surface area contributed by atoms with Crippen LogP contribution in [0.1, 0.15) is 23.5 Å². The van der Waals surface area contributed by atoms with Crippen molar-refractivity contribution in [2.75, 3.05) is 0 Å². The van der Waals surface area contributed by atoms with E-state index in [4.69, 9.17) is 0 Å². The third-order valence-electron chi connectivity index (χ3n) is 4.01. The van der Waals surface area contributed by atoms with Crippen LogP contribution in [-0.4, -0.2) is 16.1 Å². The molecule has 1 fully saturated rings. The maximum absolute atomic E-state index is 13.2. The number of amides is 1. The van der Waals surface area contributed by atoms with Crippen LogP contribution in [0.3, 0.4) is 0 Å². The maximum Gasteiger partial charge on any atom is 0.224 e. The molecule has 0 saturated heterocycles. The largest absolute Gasteiger partial charge is 0.504 e. The molecule has 3 N–H and O–H groups in total. The summed E-state index contributed by atoms with van der Waals surface area (Å²) in [5.74, 6) is -2.81. The third-order valence-corrected chi connectivity index (χ3v) is 4.01. The van der Waals surface area contributed by atoms with E-state index >= 15 is 0 Å². The number of carbonyl (C=O) groups excluding carboxylic acids is 1. The van der Waals surface area contributed by atoms with Crippen molar-refractivity contribution in [1.82, 2.24) is 5.32 Å². The number of hydrogen-bond acceptors (Lipinski definition) is 3. The van der Waals surface area contributed by atoms with Crippen LogP contribution in [0.4, 0.5) is 8.78 Å². The lowest BCUT2D eigenvalue weighted by Crippen LogP contribution is -2.24. The van der Waals surface area contributed by atoms with Crippen molar-refractivity contribution in [3.8, 4) is 11.5 Å². The molecular formula is C17H15F2NO3. The summed E-state index contributed by atoms with van der Waals surface area (Å²) < 4.78 is 26.1. The Morgan fingerprint density at radius 2 is 1.87 bits per heavy atom. The first-order valence-electron chi connectivity index (χ1n) is 7.19. The highest BCUT2D eigenvalue weighted by atomic mass is 19.2. The van der Waals surface area contributed by atoms with E-state index in [9.17, 15) is 23.8 Å². The molecule has 2 aromatic carbocycles. The molecule has 23 heavy (non-hydrogen) atoms. The average Bonchev–Trinajstić information content (AvgIpc) is 3.31. The molecule has 2 aromatic rings. The van der Waals surface area contributed by atoms with Crippen LogP contribution < -0.4 is 5.32 Å². The maximum atomic E-state index is 13.2. The monoisotopic (exact) mass is 319 g/mol. The highest BCUT2D eigenvalue weighted by Crippen LogP contribution is 2.47. The Kier molecular flexibility index (Phi) is 3.90. The van der Waals surface area contributed by atoms with E-state index in [0.29, 0.717) is 17.5 Å². The van der Waals surface area contributed by atoms with Crippen LogP contribution in [0.25, 0.3) is 0 Å². The fraction of sp³-hybridized carbons (Fsp3) is 0.235. The molecule has 0 aliphatic heterocycles. The van der Waals surface area contributed by atoms with Gasteiger partial charge in [0.1, 0.15) is 0 Å². The molecule has 120 valence electrons. The van der Waals surface area contributed by atoms with E-state index in [1.165, 1.54) is 18.2 Å². The van der Waals surface area contributed by atoms with Crippen molar-refractivity contribution in [2.24, 2.45) is 5.92 Å². The highest BCUT2D eigenvalue weighted by molar-refractivity contribution is 5.82. The lowest BCUT2D eigenvalue weighted by Gasteiger charge is -2.07. The van der Waals surface area contributed by atoms with E-state index in [0.717, 1.165) is 12.1 Å². The smallest absolute Gasteiger partial charge is 0.224 e. The molecule has 3 rings (SSSR count). The van der Waals surface area contributed by atoms with E-state index in [1.54, 1.807) is 6.07 Å². The van der Waals surface area contributed by atoms with Crippen molar-refractivity contribution >= 4 is 5.91 Å². The molecule has 4 nitrogen and oxygen atoms in total. The number of nitrogens with one attached hydrogen (secondary N) is 1. The number of aromatic hydroxyl groups is 2. The minimum absolute atomic E-state index is 0.0988. The van der Waals surface area contributed by atoms with E-state index in [-0.39, 0.29) is 35.8 Å². The van der Waals surface area contributed by atoms with Crippen molar-refractivity contribution < 1.29 is 23.8 Å². The van der Waals surface area contributed by atoms with Gasteiger partial charge in [0.15, 0.2) is 23.1 Å². The highest BCUT2D eigenvalue weighted by Gasteiger charge is 2.44. The molecule has 1 saturated carbocycles. The fourth-order valence-electron chi connectivity index (χ4n) is 2.60. The zero-order valence-electron chi connectivity index (χ0n) is 12.1. The van der Waals surface area contributed by atoms with Gasteiger partial charge in [-0.05, 0) is 47.7 Å². The Balaban J connectivity index is 1.57. The number of carbonyl (C=O) groups is 1. The summed E-state index contributed by atoms with van der Waals surface area (Å²) in [4.78, 5) is 12.1. The Hall–Kier alpha value is -2.63. The molecule has 1 aliphatic rings. The quantitative estimate of drug-likeness (QED) is 0.759. The van der Waals surface area contributed by atoms with Crippen LogP contribution >= 0.6 is 0 Å². The zero-order chi connectivity index (χ0) is 16.6. The molecule has 0 spiro atoms. The van der Waals surface area contributed by atoms with Crippen LogP contribution in [0.15, 0.2) is 36.4 Å². The summed E-state index contributed by atoms with van der Waals surface area (Å²) >= 11 is 0. The topological polar surface area (TPSA) is 69.6 Å². The van der Waals surface area contributed by atoms with Gasteiger partial charge >= 0.3 is 0 Å². The number of phenols is 2. The van der Waals surface area contributed by atoms with Gasteiger partial charge in [-0.3, -0.25) is 4.79 Å².